The molecular weight excluding hydrogens is 254 g/mol. The summed E-state index contributed by atoms with van der Waals surface area (Å²) in [7, 11) is 0. The molecule has 2 amide bonds. The Hall–Kier alpha value is -1.10. The number of piperidine rings is 1. The normalized spacial score (nSPS) is 18.1. The zero-order valence-corrected chi connectivity index (χ0v) is 13.0. The molecule has 0 aromatic rings. The van der Waals surface area contributed by atoms with Crippen LogP contribution in [0.1, 0.15) is 46.5 Å². The molecule has 3 N–H and O–H groups in total. The van der Waals surface area contributed by atoms with Gasteiger partial charge in [0.2, 0.25) is 11.8 Å². The number of carbonyl (C=O) groups is 2. The summed E-state index contributed by atoms with van der Waals surface area (Å²) in [4.78, 5) is 25.7. The van der Waals surface area contributed by atoms with Crippen LogP contribution >= 0.6 is 0 Å². The highest BCUT2D eigenvalue weighted by molar-refractivity contribution is 5.79. The minimum absolute atomic E-state index is 0.0585. The average Bonchev–Trinajstić information content (AvgIpc) is 2.44. The Labute approximate surface area is 122 Å². The van der Waals surface area contributed by atoms with Crippen molar-refractivity contribution in [1.82, 2.24) is 10.2 Å². The monoisotopic (exact) mass is 283 g/mol. The van der Waals surface area contributed by atoms with Gasteiger partial charge in [-0.25, -0.2) is 0 Å². The van der Waals surface area contributed by atoms with Crippen LogP contribution in [-0.4, -0.2) is 42.4 Å². The summed E-state index contributed by atoms with van der Waals surface area (Å²) < 4.78 is 0. The van der Waals surface area contributed by atoms with Crippen LogP contribution in [-0.2, 0) is 9.59 Å². The second-order valence-electron chi connectivity index (χ2n) is 6.08. The van der Waals surface area contributed by atoms with Gasteiger partial charge >= 0.3 is 0 Å². The van der Waals surface area contributed by atoms with Gasteiger partial charge in [0.25, 0.3) is 0 Å². The SMILES string of the molecule is CCC(=O)NC1CCN(C(=O)C(CN)CC(C)C)CC1. The van der Waals surface area contributed by atoms with E-state index < -0.39 is 0 Å². The lowest BCUT2D eigenvalue weighted by Crippen LogP contribution is -2.49. The van der Waals surface area contributed by atoms with E-state index in [1.807, 2.05) is 11.8 Å². The maximum atomic E-state index is 12.4. The summed E-state index contributed by atoms with van der Waals surface area (Å²) in [5.41, 5.74) is 5.74. The molecule has 1 heterocycles. The molecule has 116 valence electrons. The van der Waals surface area contributed by atoms with Crippen molar-refractivity contribution in [2.24, 2.45) is 17.6 Å². The molecule has 5 nitrogen and oxygen atoms in total. The van der Waals surface area contributed by atoms with Crippen molar-refractivity contribution < 1.29 is 9.59 Å². The van der Waals surface area contributed by atoms with E-state index in [1.54, 1.807) is 0 Å². The molecule has 0 spiro atoms. The van der Waals surface area contributed by atoms with Crippen molar-refractivity contribution in [1.29, 1.82) is 0 Å². The van der Waals surface area contributed by atoms with Crippen molar-refractivity contribution in [2.75, 3.05) is 19.6 Å². The Morgan fingerprint density at radius 1 is 1.30 bits per heavy atom. The predicted octanol–water partition coefficient (Wildman–Crippen LogP) is 1.12. The van der Waals surface area contributed by atoms with E-state index in [1.165, 1.54) is 0 Å². The van der Waals surface area contributed by atoms with Gasteiger partial charge in [-0.15, -0.1) is 0 Å². The molecular formula is C15H29N3O2. The molecule has 0 aliphatic carbocycles. The first-order chi connectivity index (χ1) is 9.47. The molecule has 0 bridgehead atoms. The molecule has 1 fully saturated rings. The van der Waals surface area contributed by atoms with Gasteiger partial charge in [0.15, 0.2) is 0 Å². The Morgan fingerprint density at radius 2 is 1.90 bits per heavy atom. The van der Waals surface area contributed by atoms with Crippen LogP contribution in [0, 0.1) is 11.8 Å². The largest absolute Gasteiger partial charge is 0.353 e. The second kappa shape index (κ2) is 8.25. The fourth-order valence-electron chi connectivity index (χ4n) is 2.70. The number of amides is 2. The molecule has 0 aromatic carbocycles. The van der Waals surface area contributed by atoms with Crippen molar-refractivity contribution in [3.05, 3.63) is 0 Å². The molecule has 1 aliphatic rings. The number of likely N-dealkylation sites (tertiary alicyclic amines) is 1. The van der Waals surface area contributed by atoms with E-state index in [2.05, 4.69) is 19.2 Å². The summed E-state index contributed by atoms with van der Waals surface area (Å²) in [6.07, 6.45) is 3.05. The number of nitrogens with two attached hydrogens (primary N) is 1. The number of nitrogens with one attached hydrogen (secondary N) is 1. The minimum Gasteiger partial charge on any atom is -0.353 e. The first-order valence-corrected chi connectivity index (χ1v) is 7.76. The highest BCUT2D eigenvalue weighted by Crippen LogP contribution is 2.18. The molecule has 1 aliphatic heterocycles. The third-order valence-electron chi connectivity index (χ3n) is 3.88. The molecule has 0 radical (unpaired) electrons. The molecule has 0 saturated carbocycles. The van der Waals surface area contributed by atoms with Crippen LogP contribution in [0.5, 0.6) is 0 Å². The Bertz CT molecular complexity index is 323. The fraction of sp³-hybridized carbons (Fsp3) is 0.867. The zero-order valence-electron chi connectivity index (χ0n) is 13.0. The lowest BCUT2D eigenvalue weighted by atomic mass is 9.94. The topological polar surface area (TPSA) is 75.4 Å². The van der Waals surface area contributed by atoms with Crippen LogP contribution < -0.4 is 11.1 Å². The number of carbonyl (C=O) groups excluding carboxylic acids is 2. The van der Waals surface area contributed by atoms with Gasteiger partial charge in [0.05, 0.1) is 5.92 Å². The van der Waals surface area contributed by atoms with Gasteiger partial charge in [-0.1, -0.05) is 20.8 Å². The second-order valence-corrected chi connectivity index (χ2v) is 6.08. The molecule has 1 saturated heterocycles. The van der Waals surface area contributed by atoms with E-state index in [-0.39, 0.29) is 23.8 Å². The van der Waals surface area contributed by atoms with Crippen molar-refractivity contribution in [3.8, 4) is 0 Å². The lowest BCUT2D eigenvalue weighted by Gasteiger charge is -2.34. The van der Waals surface area contributed by atoms with E-state index >= 15 is 0 Å². The summed E-state index contributed by atoms with van der Waals surface area (Å²) in [6.45, 7) is 7.95. The summed E-state index contributed by atoms with van der Waals surface area (Å²) >= 11 is 0. The molecule has 0 aromatic heterocycles. The van der Waals surface area contributed by atoms with Gasteiger partial charge in [0.1, 0.15) is 0 Å². The van der Waals surface area contributed by atoms with E-state index in [0.717, 1.165) is 32.4 Å². The highest BCUT2D eigenvalue weighted by atomic mass is 16.2. The Kier molecular flexibility index (Phi) is 6.99. The maximum Gasteiger partial charge on any atom is 0.226 e. The van der Waals surface area contributed by atoms with Gasteiger partial charge in [-0.05, 0) is 25.2 Å². The third-order valence-corrected chi connectivity index (χ3v) is 3.88. The van der Waals surface area contributed by atoms with E-state index in [0.29, 0.717) is 18.9 Å². The highest BCUT2D eigenvalue weighted by Gasteiger charge is 2.28. The van der Waals surface area contributed by atoms with Crippen LogP contribution in [0.15, 0.2) is 0 Å². The van der Waals surface area contributed by atoms with Gasteiger partial charge in [-0.2, -0.15) is 0 Å². The lowest BCUT2D eigenvalue weighted by molar-refractivity contribution is -0.137. The summed E-state index contributed by atoms with van der Waals surface area (Å²) in [5, 5.41) is 3.00. The number of nitrogens with zero attached hydrogens (tertiary/aromatic N) is 1. The minimum atomic E-state index is -0.0585. The summed E-state index contributed by atoms with van der Waals surface area (Å²) in [5.74, 6) is 0.696. The smallest absolute Gasteiger partial charge is 0.226 e. The molecule has 1 unspecified atom stereocenters. The van der Waals surface area contributed by atoms with Crippen LogP contribution in [0.2, 0.25) is 0 Å². The van der Waals surface area contributed by atoms with Gasteiger partial charge in [-0.3, -0.25) is 9.59 Å². The van der Waals surface area contributed by atoms with E-state index in [4.69, 9.17) is 5.73 Å². The molecule has 1 atom stereocenters. The average molecular weight is 283 g/mol. The first kappa shape index (κ1) is 17.0. The number of hydrogen-bond acceptors (Lipinski definition) is 3. The maximum absolute atomic E-state index is 12.4. The number of hydrogen-bond donors (Lipinski definition) is 2. The van der Waals surface area contributed by atoms with Gasteiger partial charge in [0, 0.05) is 32.1 Å². The molecule has 20 heavy (non-hydrogen) atoms. The zero-order chi connectivity index (χ0) is 15.1. The first-order valence-electron chi connectivity index (χ1n) is 7.76. The fourth-order valence-corrected chi connectivity index (χ4v) is 2.70. The predicted molar refractivity (Wildman–Crippen MR) is 80.0 cm³/mol. The molecule has 1 rings (SSSR count). The molecule has 5 heteroatoms. The van der Waals surface area contributed by atoms with Crippen LogP contribution in [0.4, 0.5) is 0 Å². The summed E-state index contributed by atoms with van der Waals surface area (Å²) in [6, 6.07) is 0.216. The number of rotatable bonds is 6. The van der Waals surface area contributed by atoms with Crippen molar-refractivity contribution in [3.63, 3.8) is 0 Å². The van der Waals surface area contributed by atoms with Crippen LogP contribution in [0.25, 0.3) is 0 Å². The Balaban J connectivity index is 2.43. The standard InChI is InChI=1S/C15H29N3O2/c1-4-14(19)17-13-5-7-18(8-6-13)15(20)12(10-16)9-11(2)3/h11-13H,4-10,16H2,1-3H3,(H,17,19). The Morgan fingerprint density at radius 3 is 2.35 bits per heavy atom. The quantitative estimate of drug-likeness (QED) is 0.767. The van der Waals surface area contributed by atoms with E-state index in [9.17, 15) is 9.59 Å². The third kappa shape index (κ3) is 5.12. The van der Waals surface area contributed by atoms with Crippen molar-refractivity contribution >= 4 is 11.8 Å². The van der Waals surface area contributed by atoms with Gasteiger partial charge < -0.3 is 16.0 Å². The van der Waals surface area contributed by atoms with Crippen LogP contribution in [0.3, 0.4) is 0 Å². The van der Waals surface area contributed by atoms with Crippen molar-refractivity contribution in [2.45, 2.75) is 52.5 Å².